The minimum absolute atomic E-state index is 0.0696. The number of aromatic nitrogens is 3. The number of hydrogen-bond acceptors (Lipinski definition) is 5. The van der Waals surface area contributed by atoms with Gasteiger partial charge in [0.15, 0.2) is 11.0 Å². The van der Waals surface area contributed by atoms with Gasteiger partial charge in [0, 0.05) is 12.7 Å². The smallest absolute Gasteiger partial charge is 0.234 e. The SMILES string of the molecule is Cc1ccc(OCc2nnc(SCC(=O)Nc3cccc(C)c3C)n2C)c(C)c1. The van der Waals surface area contributed by atoms with E-state index in [4.69, 9.17) is 4.74 Å². The van der Waals surface area contributed by atoms with Crippen LogP contribution in [0.1, 0.15) is 28.1 Å². The summed E-state index contributed by atoms with van der Waals surface area (Å²) in [4.78, 5) is 12.3. The fourth-order valence-corrected chi connectivity index (χ4v) is 3.63. The molecule has 0 saturated carbocycles. The molecular weight excluding hydrogens is 384 g/mol. The van der Waals surface area contributed by atoms with Gasteiger partial charge in [0.2, 0.25) is 5.91 Å². The van der Waals surface area contributed by atoms with Gasteiger partial charge in [-0.2, -0.15) is 0 Å². The summed E-state index contributed by atoms with van der Waals surface area (Å²) >= 11 is 1.35. The van der Waals surface area contributed by atoms with E-state index in [1.807, 2.05) is 62.7 Å². The highest BCUT2D eigenvalue weighted by Gasteiger charge is 2.13. The number of carbonyl (C=O) groups excluding carboxylic acids is 1. The van der Waals surface area contributed by atoms with Crippen molar-refractivity contribution in [1.29, 1.82) is 0 Å². The van der Waals surface area contributed by atoms with E-state index in [2.05, 4.69) is 28.5 Å². The van der Waals surface area contributed by atoms with Crippen molar-refractivity contribution in [2.75, 3.05) is 11.1 Å². The summed E-state index contributed by atoms with van der Waals surface area (Å²) in [7, 11) is 1.88. The molecule has 0 aliphatic rings. The van der Waals surface area contributed by atoms with E-state index in [9.17, 15) is 4.79 Å². The van der Waals surface area contributed by atoms with E-state index < -0.39 is 0 Å². The number of aryl methyl sites for hydroxylation is 3. The molecule has 1 heterocycles. The zero-order valence-corrected chi connectivity index (χ0v) is 18.3. The number of thioether (sulfide) groups is 1. The normalized spacial score (nSPS) is 10.8. The Hall–Kier alpha value is -2.80. The molecule has 0 spiro atoms. The average molecular weight is 411 g/mol. The standard InChI is InChI=1S/C22H26N4O2S/c1-14-9-10-19(16(3)11-14)28-12-20-24-25-22(26(20)5)29-13-21(27)23-18-8-6-7-15(2)17(18)4/h6-11H,12-13H2,1-5H3,(H,23,27). The molecule has 0 aliphatic heterocycles. The second-order valence-electron chi connectivity index (χ2n) is 7.10. The van der Waals surface area contributed by atoms with Gasteiger partial charge in [-0.05, 0) is 56.5 Å². The van der Waals surface area contributed by atoms with Crippen molar-refractivity contribution in [3.8, 4) is 5.75 Å². The molecule has 29 heavy (non-hydrogen) atoms. The van der Waals surface area contributed by atoms with Crippen molar-refractivity contribution in [3.05, 3.63) is 64.5 Å². The third kappa shape index (κ3) is 5.17. The topological polar surface area (TPSA) is 69.0 Å². The van der Waals surface area contributed by atoms with Crippen molar-refractivity contribution in [2.24, 2.45) is 7.05 Å². The molecule has 0 unspecified atom stereocenters. The first-order chi connectivity index (χ1) is 13.8. The Kier molecular flexibility index (Phi) is 6.59. The summed E-state index contributed by atoms with van der Waals surface area (Å²) < 4.78 is 7.75. The summed E-state index contributed by atoms with van der Waals surface area (Å²) in [5.74, 6) is 1.74. The van der Waals surface area contributed by atoms with E-state index in [1.165, 1.54) is 17.3 Å². The largest absolute Gasteiger partial charge is 0.485 e. The molecule has 152 valence electrons. The number of carbonyl (C=O) groups is 1. The zero-order valence-electron chi connectivity index (χ0n) is 17.4. The molecule has 7 heteroatoms. The third-order valence-corrected chi connectivity index (χ3v) is 5.84. The van der Waals surface area contributed by atoms with Crippen LogP contribution in [0, 0.1) is 27.7 Å². The van der Waals surface area contributed by atoms with E-state index in [0.717, 1.165) is 28.1 Å². The molecule has 6 nitrogen and oxygen atoms in total. The van der Waals surface area contributed by atoms with Crippen LogP contribution in [0.4, 0.5) is 5.69 Å². The molecule has 0 fully saturated rings. The molecule has 0 bridgehead atoms. The summed E-state index contributed by atoms with van der Waals surface area (Å²) in [6.45, 7) is 8.43. The zero-order chi connectivity index (χ0) is 21.0. The van der Waals surface area contributed by atoms with Crippen LogP contribution in [0.2, 0.25) is 0 Å². The second-order valence-corrected chi connectivity index (χ2v) is 8.04. The summed E-state index contributed by atoms with van der Waals surface area (Å²) in [6.07, 6.45) is 0. The van der Waals surface area contributed by atoms with Gasteiger partial charge in [0.05, 0.1) is 5.75 Å². The first-order valence-electron chi connectivity index (χ1n) is 9.42. The highest BCUT2D eigenvalue weighted by Crippen LogP contribution is 2.22. The molecule has 1 aromatic heterocycles. The number of benzene rings is 2. The van der Waals surface area contributed by atoms with Crippen molar-refractivity contribution in [2.45, 2.75) is 39.5 Å². The minimum Gasteiger partial charge on any atom is -0.485 e. The van der Waals surface area contributed by atoms with E-state index in [0.29, 0.717) is 17.6 Å². The number of anilines is 1. The Labute approximate surface area is 175 Å². The average Bonchev–Trinajstić information content (AvgIpc) is 3.03. The lowest BCUT2D eigenvalue weighted by molar-refractivity contribution is -0.113. The molecule has 2 aromatic carbocycles. The molecule has 0 radical (unpaired) electrons. The van der Waals surface area contributed by atoms with Gasteiger partial charge in [-0.1, -0.05) is 41.6 Å². The van der Waals surface area contributed by atoms with Crippen molar-refractivity contribution in [3.63, 3.8) is 0 Å². The Balaban J connectivity index is 1.56. The monoisotopic (exact) mass is 410 g/mol. The van der Waals surface area contributed by atoms with Crippen LogP contribution in [0.3, 0.4) is 0 Å². The quantitative estimate of drug-likeness (QED) is 0.586. The van der Waals surface area contributed by atoms with E-state index in [1.54, 1.807) is 0 Å². The number of hydrogen-bond donors (Lipinski definition) is 1. The Morgan fingerprint density at radius 1 is 1.10 bits per heavy atom. The molecule has 1 N–H and O–H groups in total. The third-order valence-electron chi connectivity index (χ3n) is 4.82. The van der Waals surface area contributed by atoms with Crippen LogP contribution < -0.4 is 10.1 Å². The van der Waals surface area contributed by atoms with Crippen molar-refractivity contribution in [1.82, 2.24) is 14.8 Å². The molecule has 0 aliphatic carbocycles. The van der Waals surface area contributed by atoms with Gasteiger partial charge in [0.25, 0.3) is 0 Å². The fourth-order valence-electron chi connectivity index (χ4n) is 2.90. The van der Waals surface area contributed by atoms with Crippen molar-refractivity contribution < 1.29 is 9.53 Å². The number of nitrogens with one attached hydrogen (secondary N) is 1. The van der Waals surface area contributed by atoms with Gasteiger partial charge in [0.1, 0.15) is 12.4 Å². The van der Waals surface area contributed by atoms with Gasteiger partial charge < -0.3 is 14.6 Å². The van der Waals surface area contributed by atoms with Crippen LogP contribution in [0.25, 0.3) is 0 Å². The molecule has 0 saturated heterocycles. The minimum atomic E-state index is -0.0696. The Bertz CT molecular complexity index is 1030. The first kappa shape index (κ1) is 20.9. The lowest BCUT2D eigenvalue weighted by Crippen LogP contribution is -2.15. The van der Waals surface area contributed by atoms with Crippen LogP contribution in [0.5, 0.6) is 5.75 Å². The van der Waals surface area contributed by atoms with Crippen molar-refractivity contribution >= 4 is 23.4 Å². The van der Waals surface area contributed by atoms with Gasteiger partial charge in [-0.25, -0.2) is 0 Å². The van der Waals surface area contributed by atoms with E-state index >= 15 is 0 Å². The summed E-state index contributed by atoms with van der Waals surface area (Å²) in [5.41, 5.74) is 5.36. The second kappa shape index (κ2) is 9.13. The molecule has 1 amide bonds. The summed E-state index contributed by atoms with van der Waals surface area (Å²) in [6, 6.07) is 12.0. The molecular formula is C22H26N4O2S. The number of ether oxygens (including phenoxy) is 1. The molecule has 3 aromatic rings. The van der Waals surface area contributed by atoms with Crippen LogP contribution >= 0.6 is 11.8 Å². The predicted molar refractivity (Wildman–Crippen MR) is 117 cm³/mol. The molecule has 0 atom stereocenters. The summed E-state index contributed by atoms with van der Waals surface area (Å²) in [5, 5.41) is 12.0. The maximum atomic E-state index is 12.3. The highest BCUT2D eigenvalue weighted by atomic mass is 32.2. The number of rotatable bonds is 7. The fraction of sp³-hybridized carbons (Fsp3) is 0.318. The maximum absolute atomic E-state index is 12.3. The lowest BCUT2D eigenvalue weighted by Gasteiger charge is -2.10. The van der Waals surface area contributed by atoms with Crippen LogP contribution in [-0.4, -0.2) is 26.4 Å². The Morgan fingerprint density at radius 2 is 1.90 bits per heavy atom. The predicted octanol–water partition coefficient (Wildman–Crippen LogP) is 4.36. The molecule has 3 rings (SSSR count). The van der Waals surface area contributed by atoms with Gasteiger partial charge in [-0.15, -0.1) is 10.2 Å². The maximum Gasteiger partial charge on any atom is 0.234 e. The van der Waals surface area contributed by atoms with Crippen LogP contribution in [0.15, 0.2) is 41.6 Å². The van der Waals surface area contributed by atoms with Gasteiger partial charge >= 0.3 is 0 Å². The number of amides is 1. The lowest BCUT2D eigenvalue weighted by atomic mass is 10.1. The number of nitrogens with zero attached hydrogens (tertiary/aromatic N) is 3. The first-order valence-corrected chi connectivity index (χ1v) is 10.4. The van der Waals surface area contributed by atoms with E-state index in [-0.39, 0.29) is 11.7 Å². The van der Waals surface area contributed by atoms with Crippen LogP contribution in [-0.2, 0) is 18.4 Å². The highest BCUT2D eigenvalue weighted by molar-refractivity contribution is 7.99. The van der Waals surface area contributed by atoms with Gasteiger partial charge in [-0.3, -0.25) is 4.79 Å². The Morgan fingerprint density at radius 3 is 2.66 bits per heavy atom.